The van der Waals surface area contributed by atoms with Crippen molar-refractivity contribution in [2.45, 2.75) is 51.5 Å². The van der Waals surface area contributed by atoms with Gasteiger partial charge in [0.25, 0.3) is 0 Å². The second kappa shape index (κ2) is 6.60. The van der Waals surface area contributed by atoms with Crippen molar-refractivity contribution < 1.29 is 4.79 Å². The number of nitrogens with two attached hydrogens (primary N) is 1. The highest BCUT2D eigenvalue weighted by molar-refractivity contribution is 5.85. The highest BCUT2D eigenvalue weighted by atomic mass is 35.5. The average Bonchev–Trinajstić information content (AvgIpc) is 3.08. The maximum atomic E-state index is 11.7. The average molecular weight is 261 g/mol. The monoisotopic (exact) mass is 260 g/mol. The topological polar surface area (TPSA) is 55.1 Å². The lowest BCUT2D eigenvalue weighted by atomic mass is 9.85. The minimum atomic E-state index is -0.0346. The van der Waals surface area contributed by atoms with Gasteiger partial charge in [0.05, 0.1) is 0 Å². The molecule has 0 heterocycles. The molecule has 1 amide bonds. The minimum absolute atomic E-state index is 0. The summed E-state index contributed by atoms with van der Waals surface area (Å²) in [4.78, 5) is 11.7. The van der Waals surface area contributed by atoms with Crippen molar-refractivity contribution in [3.63, 3.8) is 0 Å². The van der Waals surface area contributed by atoms with Gasteiger partial charge >= 0.3 is 0 Å². The van der Waals surface area contributed by atoms with Gasteiger partial charge in [0.2, 0.25) is 5.91 Å². The number of carbonyl (C=O) groups is 1. The lowest BCUT2D eigenvalue weighted by Gasteiger charge is -2.21. The summed E-state index contributed by atoms with van der Waals surface area (Å²) < 4.78 is 0. The number of nitrogens with one attached hydrogen (secondary N) is 1. The summed E-state index contributed by atoms with van der Waals surface area (Å²) in [6.45, 7) is 2.35. The fourth-order valence-corrected chi connectivity index (χ4v) is 2.90. The van der Waals surface area contributed by atoms with E-state index in [4.69, 9.17) is 5.73 Å². The smallest absolute Gasteiger partial charge is 0.224 e. The Morgan fingerprint density at radius 1 is 1.35 bits per heavy atom. The van der Waals surface area contributed by atoms with E-state index in [0.29, 0.717) is 12.6 Å². The Morgan fingerprint density at radius 3 is 2.59 bits per heavy atom. The van der Waals surface area contributed by atoms with Crippen LogP contribution >= 0.6 is 12.4 Å². The molecule has 2 saturated carbocycles. The van der Waals surface area contributed by atoms with E-state index >= 15 is 0 Å². The van der Waals surface area contributed by atoms with E-state index in [1.54, 1.807) is 0 Å². The second-order valence-corrected chi connectivity index (χ2v) is 5.55. The van der Waals surface area contributed by atoms with E-state index in [1.807, 2.05) is 6.92 Å². The maximum absolute atomic E-state index is 11.7. The first kappa shape index (κ1) is 14.8. The van der Waals surface area contributed by atoms with Crippen LogP contribution < -0.4 is 11.1 Å². The lowest BCUT2D eigenvalue weighted by Crippen LogP contribution is -2.35. The van der Waals surface area contributed by atoms with Gasteiger partial charge in [-0.05, 0) is 18.3 Å². The molecule has 2 aliphatic carbocycles. The summed E-state index contributed by atoms with van der Waals surface area (Å²) in [7, 11) is 0. The molecule has 0 aromatic heterocycles. The van der Waals surface area contributed by atoms with Gasteiger partial charge in [-0.3, -0.25) is 4.79 Å². The van der Waals surface area contributed by atoms with Gasteiger partial charge in [-0.25, -0.2) is 0 Å². The third-order valence-corrected chi connectivity index (χ3v) is 4.22. The number of amides is 1. The van der Waals surface area contributed by atoms with Crippen LogP contribution in [0.3, 0.4) is 0 Å². The molecule has 0 bridgehead atoms. The van der Waals surface area contributed by atoms with Crippen molar-refractivity contribution in [3.05, 3.63) is 0 Å². The van der Waals surface area contributed by atoms with Crippen LogP contribution in [0.25, 0.3) is 0 Å². The molecule has 3 nitrogen and oxygen atoms in total. The van der Waals surface area contributed by atoms with E-state index in [9.17, 15) is 4.79 Å². The number of rotatable bonds is 4. The highest BCUT2D eigenvalue weighted by Gasteiger charge is 2.43. The van der Waals surface area contributed by atoms with E-state index in [1.165, 1.54) is 38.5 Å². The molecule has 4 heteroatoms. The van der Waals surface area contributed by atoms with Crippen LogP contribution in [0, 0.1) is 17.8 Å². The number of halogens is 1. The van der Waals surface area contributed by atoms with Crippen LogP contribution in [0.5, 0.6) is 0 Å². The van der Waals surface area contributed by atoms with Crippen molar-refractivity contribution in [1.82, 2.24) is 5.32 Å². The van der Waals surface area contributed by atoms with Crippen LogP contribution in [0.4, 0.5) is 0 Å². The molecule has 0 spiro atoms. The second-order valence-electron chi connectivity index (χ2n) is 5.55. The van der Waals surface area contributed by atoms with Crippen molar-refractivity contribution in [3.8, 4) is 0 Å². The Bertz CT molecular complexity index is 254. The normalized spacial score (nSPS) is 30.2. The van der Waals surface area contributed by atoms with Gasteiger partial charge < -0.3 is 11.1 Å². The molecule has 0 aliphatic heterocycles. The first-order valence-electron chi connectivity index (χ1n) is 6.72. The van der Waals surface area contributed by atoms with Crippen molar-refractivity contribution >= 4 is 18.3 Å². The Balaban J connectivity index is 0.00000144. The summed E-state index contributed by atoms with van der Waals surface area (Å²) in [6.07, 6.45) is 8.15. The summed E-state index contributed by atoms with van der Waals surface area (Å²) in [5.41, 5.74) is 5.49. The molecule has 100 valence electrons. The summed E-state index contributed by atoms with van der Waals surface area (Å²) in [5.74, 6) is 1.76. The minimum Gasteiger partial charge on any atom is -0.353 e. The van der Waals surface area contributed by atoms with E-state index in [2.05, 4.69) is 5.32 Å². The Kier molecular flexibility index (Phi) is 5.74. The number of hydrogen-bond donors (Lipinski definition) is 2. The SMILES string of the molecule is CC(CN)C(=O)NC1CC1C1CCCCC1.Cl. The Hall–Kier alpha value is -0.280. The third-order valence-electron chi connectivity index (χ3n) is 4.22. The molecule has 0 aromatic carbocycles. The van der Waals surface area contributed by atoms with Gasteiger partial charge in [-0.15, -0.1) is 12.4 Å². The first-order valence-corrected chi connectivity index (χ1v) is 6.72. The molecule has 3 N–H and O–H groups in total. The van der Waals surface area contributed by atoms with E-state index < -0.39 is 0 Å². The predicted octanol–water partition coefficient (Wildman–Crippen LogP) is 2.09. The molecular formula is C13H25ClN2O. The summed E-state index contributed by atoms with van der Waals surface area (Å²) >= 11 is 0. The van der Waals surface area contributed by atoms with Crippen LogP contribution in [-0.4, -0.2) is 18.5 Å². The zero-order valence-electron chi connectivity index (χ0n) is 10.7. The molecule has 2 rings (SSSR count). The fourth-order valence-electron chi connectivity index (χ4n) is 2.90. The first-order chi connectivity index (χ1) is 7.72. The van der Waals surface area contributed by atoms with Crippen molar-refractivity contribution in [2.75, 3.05) is 6.54 Å². The molecule has 17 heavy (non-hydrogen) atoms. The molecule has 3 unspecified atom stereocenters. The molecule has 0 aromatic rings. The van der Waals surface area contributed by atoms with Crippen LogP contribution in [0.2, 0.25) is 0 Å². The van der Waals surface area contributed by atoms with Gasteiger partial charge in [0.1, 0.15) is 0 Å². The molecule has 0 radical (unpaired) electrons. The van der Waals surface area contributed by atoms with Crippen LogP contribution in [0.15, 0.2) is 0 Å². The number of carbonyl (C=O) groups excluding carboxylic acids is 1. The van der Waals surface area contributed by atoms with Gasteiger partial charge in [-0.1, -0.05) is 39.0 Å². The molecule has 2 fully saturated rings. The maximum Gasteiger partial charge on any atom is 0.224 e. The van der Waals surface area contributed by atoms with Gasteiger partial charge in [0.15, 0.2) is 0 Å². The molecule has 3 atom stereocenters. The lowest BCUT2D eigenvalue weighted by molar-refractivity contribution is -0.124. The summed E-state index contributed by atoms with van der Waals surface area (Å²) in [6, 6.07) is 0.463. The third kappa shape index (κ3) is 3.85. The van der Waals surface area contributed by atoms with Crippen molar-refractivity contribution in [2.24, 2.45) is 23.5 Å². The van der Waals surface area contributed by atoms with Crippen molar-refractivity contribution in [1.29, 1.82) is 0 Å². The quantitative estimate of drug-likeness (QED) is 0.813. The van der Waals surface area contributed by atoms with Gasteiger partial charge in [-0.2, -0.15) is 0 Å². The van der Waals surface area contributed by atoms with Gasteiger partial charge in [0, 0.05) is 18.5 Å². The Labute approximate surface area is 110 Å². The fraction of sp³-hybridized carbons (Fsp3) is 0.923. The van der Waals surface area contributed by atoms with E-state index in [0.717, 1.165) is 11.8 Å². The highest BCUT2D eigenvalue weighted by Crippen LogP contribution is 2.44. The summed E-state index contributed by atoms with van der Waals surface area (Å²) in [5, 5.41) is 3.13. The zero-order chi connectivity index (χ0) is 11.5. The number of hydrogen-bond acceptors (Lipinski definition) is 2. The standard InChI is InChI=1S/C13H24N2O.ClH/c1-9(8-14)13(16)15-12-7-11(12)10-5-3-2-4-6-10;/h9-12H,2-8,14H2,1H3,(H,15,16);1H. The largest absolute Gasteiger partial charge is 0.353 e. The Morgan fingerprint density at radius 2 is 2.00 bits per heavy atom. The molecular weight excluding hydrogens is 236 g/mol. The van der Waals surface area contributed by atoms with Crippen LogP contribution in [-0.2, 0) is 4.79 Å². The predicted molar refractivity (Wildman–Crippen MR) is 72.1 cm³/mol. The molecule has 2 aliphatic rings. The van der Waals surface area contributed by atoms with E-state index in [-0.39, 0.29) is 24.2 Å². The zero-order valence-corrected chi connectivity index (χ0v) is 11.5. The molecule has 0 saturated heterocycles. The van der Waals surface area contributed by atoms with Crippen LogP contribution in [0.1, 0.15) is 45.4 Å².